The lowest BCUT2D eigenvalue weighted by Crippen LogP contribution is -2.33. The lowest BCUT2D eigenvalue weighted by molar-refractivity contribution is -0.115. The van der Waals surface area contributed by atoms with Gasteiger partial charge in [-0.1, -0.05) is 36.4 Å². The van der Waals surface area contributed by atoms with Crippen LogP contribution in [0.4, 0.5) is 5.69 Å². The molecule has 3 aromatic rings. The van der Waals surface area contributed by atoms with Crippen LogP contribution in [0.15, 0.2) is 54.6 Å². The largest absolute Gasteiger partial charge is 0.343 e. The molecule has 0 aliphatic carbocycles. The average Bonchev–Trinajstić information content (AvgIpc) is 2.95. The summed E-state index contributed by atoms with van der Waals surface area (Å²) in [4.78, 5) is 24.6. The first-order valence-corrected chi connectivity index (χ1v) is 8.72. The van der Waals surface area contributed by atoms with Gasteiger partial charge in [0.1, 0.15) is 0 Å². The lowest BCUT2D eigenvalue weighted by Gasteiger charge is -2.09. The van der Waals surface area contributed by atoms with Crippen LogP contribution in [0.2, 0.25) is 0 Å². The van der Waals surface area contributed by atoms with E-state index in [1.807, 2.05) is 63.2 Å². The molecule has 6 heteroatoms. The van der Waals surface area contributed by atoms with E-state index in [1.165, 1.54) is 0 Å². The Labute approximate surface area is 158 Å². The summed E-state index contributed by atoms with van der Waals surface area (Å²) in [6.07, 6.45) is 0. The summed E-state index contributed by atoms with van der Waals surface area (Å²) < 4.78 is 1.79. The number of rotatable bonds is 5. The number of anilines is 1. The van der Waals surface area contributed by atoms with Crippen LogP contribution in [0.1, 0.15) is 27.3 Å². The van der Waals surface area contributed by atoms with E-state index >= 15 is 0 Å². The van der Waals surface area contributed by atoms with E-state index in [0.29, 0.717) is 11.3 Å². The van der Waals surface area contributed by atoms with Crippen LogP contribution in [0.5, 0.6) is 0 Å². The molecule has 0 radical (unpaired) electrons. The number of nitrogens with one attached hydrogen (secondary N) is 2. The molecule has 0 bridgehead atoms. The number of hydrogen-bond donors (Lipinski definition) is 2. The van der Waals surface area contributed by atoms with Gasteiger partial charge in [-0.3, -0.25) is 9.59 Å². The molecule has 0 fully saturated rings. The zero-order chi connectivity index (χ0) is 19.4. The molecule has 0 aliphatic heterocycles. The summed E-state index contributed by atoms with van der Waals surface area (Å²) in [5.41, 5.74) is 4.56. The van der Waals surface area contributed by atoms with Gasteiger partial charge in [-0.2, -0.15) is 5.10 Å². The van der Waals surface area contributed by atoms with Gasteiger partial charge in [0.05, 0.1) is 29.3 Å². The number of nitrogens with zero attached hydrogens (tertiary/aromatic N) is 2. The highest BCUT2D eigenvalue weighted by Gasteiger charge is 2.16. The van der Waals surface area contributed by atoms with Gasteiger partial charge >= 0.3 is 0 Å². The Morgan fingerprint density at radius 1 is 0.963 bits per heavy atom. The van der Waals surface area contributed by atoms with Gasteiger partial charge in [0.25, 0.3) is 5.91 Å². The van der Waals surface area contributed by atoms with Crippen molar-refractivity contribution in [3.8, 4) is 5.69 Å². The summed E-state index contributed by atoms with van der Waals surface area (Å²) in [6, 6.07) is 17.0. The zero-order valence-electron chi connectivity index (χ0n) is 15.6. The van der Waals surface area contributed by atoms with Crippen LogP contribution in [0.3, 0.4) is 0 Å². The predicted molar refractivity (Wildman–Crippen MR) is 105 cm³/mol. The van der Waals surface area contributed by atoms with Crippen LogP contribution >= 0.6 is 0 Å². The summed E-state index contributed by atoms with van der Waals surface area (Å²) in [5.74, 6) is -0.563. The maximum Gasteiger partial charge on any atom is 0.251 e. The average molecular weight is 362 g/mol. The number of hydrogen-bond acceptors (Lipinski definition) is 3. The molecule has 0 spiro atoms. The van der Waals surface area contributed by atoms with Gasteiger partial charge in [0.2, 0.25) is 5.91 Å². The van der Waals surface area contributed by atoms with Crippen molar-refractivity contribution in [2.75, 3.05) is 11.9 Å². The standard InChI is InChI=1S/C21H22N4O2/c1-14-9-7-8-12-18(14)21(27)22-13-19(26)23-20-15(2)24-25(16(20)3)17-10-5-4-6-11-17/h4-12H,13H2,1-3H3,(H,22,27)(H,23,26). The van der Waals surface area contributed by atoms with Crippen molar-refractivity contribution >= 4 is 17.5 Å². The Morgan fingerprint density at radius 3 is 2.33 bits per heavy atom. The number of carbonyl (C=O) groups excluding carboxylic acids is 2. The number of aromatic nitrogens is 2. The maximum atomic E-state index is 12.3. The van der Waals surface area contributed by atoms with Crippen LogP contribution in [-0.4, -0.2) is 28.1 Å². The van der Waals surface area contributed by atoms with Crippen LogP contribution in [-0.2, 0) is 4.79 Å². The van der Waals surface area contributed by atoms with Crippen molar-refractivity contribution in [2.24, 2.45) is 0 Å². The number of amides is 2. The third kappa shape index (κ3) is 4.06. The topological polar surface area (TPSA) is 76.0 Å². The molecular formula is C21H22N4O2. The Balaban J connectivity index is 1.67. The first kappa shape index (κ1) is 18.4. The molecule has 138 valence electrons. The van der Waals surface area contributed by atoms with Gasteiger partial charge in [0, 0.05) is 5.56 Å². The Kier molecular flexibility index (Phi) is 5.35. The van der Waals surface area contributed by atoms with Gasteiger partial charge in [-0.25, -0.2) is 4.68 Å². The van der Waals surface area contributed by atoms with Gasteiger partial charge in [0.15, 0.2) is 0 Å². The molecule has 0 unspecified atom stereocenters. The quantitative estimate of drug-likeness (QED) is 0.732. The van der Waals surface area contributed by atoms with Gasteiger partial charge in [-0.15, -0.1) is 0 Å². The van der Waals surface area contributed by atoms with Crippen molar-refractivity contribution < 1.29 is 9.59 Å². The van der Waals surface area contributed by atoms with Crippen molar-refractivity contribution in [1.29, 1.82) is 0 Å². The smallest absolute Gasteiger partial charge is 0.251 e. The third-order valence-electron chi connectivity index (χ3n) is 4.36. The molecule has 6 nitrogen and oxygen atoms in total. The number of aryl methyl sites for hydroxylation is 2. The fourth-order valence-corrected chi connectivity index (χ4v) is 2.91. The fourth-order valence-electron chi connectivity index (χ4n) is 2.91. The molecule has 0 aliphatic rings. The van der Waals surface area contributed by atoms with Crippen molar-refractivity contribution in [2.45, 2.75) is 20.8 Å². The van der Waals surface area contributed by atoms with E-state index < -0.39 is 0 Å². The summed E-state index contributed by atoms with van der Waals surface area (Å²) in [5, 5.41) is 10.0. The second-order valence-corrected chi connectivity index (χ2v) is 6.34. The van der Waals surface area contributed by atoms with Gasteiger partial charge in [-0.05, 0) is 44.5 Å². The molecular weight excluding hydrogens is 340 g/mol. The highest BCUT2D eigenvalue weighted by atomic mass is 16.2. The predicted octanol–water partition coefficient (Wildman–Crippen LogP) is 3.17. The van der Waals surface area contributed by atoms with E-state index in [4.69, 9.17) is 0 Å². The molecule has 2 amide bonds. The Morgan fingerprint density at radius 2 is 1.63 bits per heavy atom. The minimum Gasteiger partial charge on any atom is -0.343 e. The van der Waals surface area contributed by atoms with E-state index in [-0.39, 0.29) is 18.4 Å². The van der Waals surface area contributed by atoms with Crippen LogP contribution < -0.4 is 10.6 Å². The molecule has 3 rings (SSSR count). The fraction of sp³-hybridized carbons (Fsp3) is 0.190. The lowest BCUT2D eigenvalue weighted by atomic mass is 10.1. The minimum atomic E-state index is -0.296. The second-order valence-electron chi connectivity index (χ2n) is 6.34. The van der Waals surface area contributed by atoms with Crippen molar-refractivity contribution in [3.05, 3.63) is 77.1 Å². The first-order valence-electron chi connectivity index (χ1n) is 8.72. The molecule has 0 saturated carbocycles. The van der Waals surface area contributed by atoms with E-state index in [2.05, 4.69) is 15.7 Å². The molecule has 0 saturated heterocycles. The SMILES string of the molecule is Cc1ccccc1C(=O)NCC(=O)Nc1c(C)nn(-c2ccccc2)c1C. The number of carbonyl (C=O) groups is 2. The van der Waals surface area contributed by atoms with Crippen LogP contribution in [0, 0.1) is 20.8 Å². The van der Waals surface area contributed by atoms with E-state index in [1.54, 1.807) is 16.8 Å². The first-order chi connectivity index (χ1) is 13.0. The number of para-hydroxylation sites is 1. The number of benzene rings is 2. The molecule has 0 atom stereocenters. The van der Waals surface area contributed by atoms with E-state index in [9.17, 15) is 9.59 Å². The Bertz CT molecular complexity index is 977. The summed E-state index contributed by atoms with van der Waals surface area (Å²) in [6.45, 7) is 5.49. The van der Waals surface area contributed by atoms with E-state index in [0.717, 1.165) is 22.6 Å². The van der Waals surface area contributed by atoms with Crippen molar-refractivity contribution in [1.82, 2.24) is 15.1 Å². The molecule has 27 heavy (non-hydrogen) atoms. The monoisotopic (exact) mass is 362 g/mol. The second kappa shape index (κ2) is 7.86. The minimum absolute atomic E-state index is 0.109. The van der Waals surface area contributed by atoms with Crippen LogP contribution in [0.25, 0.3) is 5.69 Å². The zero-order valence-corrected chi connectivity index (χ0v) is 15.6. The van der Waals surface area contributed by atoms with Gasteiger partial charge < -0.3 is 10.6 Å². The highest BCUT2D eigenvalue weighted by Crippen LogP contribution is 2.22. The molecule has 1 heterocycles. The molecule has 1 aromatic heterocycles. The Hall–Kier alpha value is -3.41. The van der Waals surface area contributed by atoms with Crippen molar-refractivity contribution in [3.63, 3.8) is 0 Å². The normalized spacial score (nSPS) is 10.5. The summed E-state index contributed by atoms with van der Waals surface area (Å²) in [7, 11) is 0. The maximum absolute atomic E-state index is 12.3. The third-order valence-corrected chi connectivity index (χ3v) is 4.36. The highest BCUT2D eigenvalue weighted by molar-refractivity contribution is 6.00. The summed E-state index contributed by atoms with van der Waals surface area (Å²) >= 11 is 0. The molecule has 2 N–H and O–H groups in total. The molecule has 2 aromatic carbocycles.